The molecule has 0 radical (unpaired) electrons. The molecule has 11 nitrogen and oxygen atoms in total. The van der Waals surface area contributed by atoms with Crippen molar-refractivity contribution in [1.82, 2.24) is 16.0 Å². The van der Waals surface area contributed by atoms with E-state index in [1.165, 1.54) is 0 Å². The number of aliphatic carboxylic acids is 1. The van der Waals surface area contributed by atoms with Crippen molar-refractivity contribution in [3.05, 3.63) is 0 Å². The van der Waals surface area contributed by atoms with Crippen LogP contribution in [0.2, 0.25) is 0 Å². The highest BCUT2D eigenvalue weighted by Gasteiger charge is 2.31. The molecule has 0 saturated heterocycles. The van der Waals surface area contributed by atoms with Crippen LogP contribution in [0.1, 0.15) is 79.6 Å². The first-order chi connectivity index (χ1) is 16.2. The summed E-state index contributed by atoms with van der Waals surface area (Å²) in [5.41, 5.74) is 4.40. The van der Waals surface area contributed by atoms with Gasteiger partial charge >= 0.3 is 12.1 Å². The van der Waals surface area contributed by atoms with Crippen molar-refractivity contribution < 1.29 is 33.8 Å². The fourth-order valence-corrected chi connectivity index (χ4v) is 3.95. The number of primary amides is 1. The summed E-state index contributed by atoms with van der Waals surface area (Å²) in [5.74, 6) is -2.67. The van der Waals surface area contributed by atoms with Gasteiger partial charge in [0.1, 0.15) is 17.7 Å². The van der Waals surface area contributed by atoms with Crippen LogP contribution in [0.15, 0.2) is 0 Å². The van der Waals surface area contributed by atoms with E-state index in [-0.39, 0.29) is 42.4 Å². The highest BCUT2D eigenvalue weighted by Crippen LogP contribution is 2.29. The standard InChI is InChI=1S/C24H42N4O7/c1-6-14(2)19(28-23(34)35-24(3,4)5)21(31)26-13-15-7-9-16(10-8-15)20(30)27-17(22(32)33)11-12-18(25)29/h14-17,19H,6-13H2,1-5H3,(H2,25,29)(H,26,31)(H,27,30)(H,28,34)(H,32,33). The van der Waals surface area contributed by atoms with Gasteiger partial charge < -0.3 is 31.5 Å². The van der Waals surface area contributed by atoms with E-state index in [0.717, 1.165) is 0 Å². The summed E-state index contributed by atoms with van der Waals surface area (Å²) >= 11 is 0. The lowest BCUT2D eigenvalue weighted by Crippen LogP contribution is -2.52. The van der Waals surface area contributed by atoms with Gasteiger partial charge in [-0.3, -0.25) is 14.4 Å². The van der Waals surface area contributed by atoms with Crippen LogP contribution in [0.4, 0.5) is 4.79 Å². The number of carbonyl (C=O) groups excluding carboxylic acids is 4. The Morgan fingerprint density at radius 2 is 1.66 bits per heavy atom. The first-order valence-corrected chi connectivity index (χ1v) is 12.3. The fraction of sp³-hybridized carbons (Fsp3) is 0.792. The third-order valence-corrected chi connectivity index (χ3v) is 6.24. The average molecular weight is 499 g/mol. The van der Waals surface area contributed by atoms with Crippen LogP contribution in [-0.2, 0) is 23.9 Å². The van der Waals surface area contributed by atoms with Crippen molar-refractivity contribution >= 4 is 29.8 Å². The molecule has 1 aliphatic carbocycles. The van der Waals surface area contributed by atoms with Crippen LogP contribution in [0, 0.1) is 17.8 Å². The molecule has 200 valence electrons. The van der Waals surface area contributed by atoms with Crippen molar-refractivity contribution in [3.63, 3.8) is 0 Å². The number of amides is 4. The molecule has 0 aromatic heterocycles. The van der Waals surface area contributed by atoms with Gasteiger partial charge in [0.15, 0.2) is 0 Å². The maximum atomic E-state index is 12.8. The summed E-state index contributed by atoms with van der Waals surface area (Å²) < 4.78 is 5.28. The largest absolute Gasteiger partial charge is 0.480 e. The van der Waals surface area contributed by atoms with Crippen LogP contribution in [0.5, 0.6) is 0 Å². The fourth-order valence-electron chi connectivity index (χ4n) is 3.95. The Kier molecular flexibility index (Phi) is 12.0. The molecule has 0 aromatic carbocycles. The summed E-state index contributed by atoms with van der Waals surface area (Å²) in [7, 11) is 0. The van der Waals surface area contributed by atoms with Crippen LogP contribution < -0.4 is 21.7 Å². The topological polar surface area (TPSA) is 177 Å². The van der Waals surface area contributed by atoms with Crippen LogP contribution in [-0.4, -0.2) is 59.1 Å². The summed E-state index contributed by atoms with van der Waals surface area (Å²) in [6, 6.07) is -1.87. The number of carbonyl (C=O) groups is 5. The van der Waals surface area contributed by atoms with Gasteiger partial charge in [-0.25, -0.2) is 9.59 Å². The zero-order valence-corrected chi connectivity index (χ0v) is 21.5. The van der Waals surface area contributed by atoms with Crippen molar-refractivity contribution in [2.45, 2.75) is 97.2 Å². The third kappa shape index (κ3) is 11.4. The van der Waals surface area contributed by atoms with Gasteiger partial charge in [-0.15, -0.1) is 0 Å². The van der Waals surface area contributed by atoms with Gasteiger partial charge in [0.05, 0.1) is 0 Å². The molecule has 0 bridgehead atoms. The molecule has 0 aromatic rings. The summed E-state index contributed by atoms with van der Waals surface area (Å²) in [5, 5.41) is 17.4. The van der Waals surface area contributed by atoms with E-state index in [9.17, 15) is 29.1 Å². The molecule has 6 N–H and O–H groups in total. The minimum absolute atomic E-state index is 0.0491. The zero-order chi connectivity index (χ0) is 26.8. The van der Waals surface area contributed by atoms with Gasteiger partial charge in [0.2, 0.25) is 17.7 Å². The van der Waals surface area contributed by atoms with E-state index in [1.54, 1.807) is 20.8 Å². The van der Waals surface area contributed by atoms with Gasteiger partial charge in [-0.1, -0.05) is 20.3 Å². The molecule has 1 aliphatic rings. The van der Waals surface area contributed by atoms with Crippen LogP contribution >= 0.6 is 0 Å². The molecular formula is C24H42N4O7. The monoisotopic (exact) mass is 498 g/mol. The maximum absolute atomic E-state index is 12.8. The minimum atomic E-state index is -1.20. The van der Waals surface area contributed by atoms with Crippen molar-refractivity contribution in [1.29, 1.82) is 0 Å². The number of carboxylic acids is 1. The van der Waals surface area contributed by atoms with Gasteiger partial charge in [-0.05, 0) is 64.7 Å². The van der Waals surface area contributed by atoms with Crippen molar-refractivity contribution in [2.75, 3.05) is 6.54 Å². The molecule has 35 heavy (non-hydrogen) atoms. The Balaban J connectivity index is 2.54. The predicted molar refractivity (Wildman–Crippen MR) is 129 cm³/mol. The quantitative estimate of drug-likeness (QED) is 0.272. The number of alkyl carbamates (subject to hydrolysis) is 1. The lowest BCUT2D eigenvalue weighted by Gasteiger charge is -2.30. The maximum Gasteiger partial charge on any atom is 0.408 e. The highest BCUT2D eigenvalue weighted by molar-refractivity contribution is 5.86. The number of nitrogens with one attached hydrogen (secondary N) is 3. The normalized spacial score (nSPS) is 20.6. The van der Waals surface area contributed by atoms with E-state index in [0.29, 0.717) is 38.6 Å². The molecule has 11 heteroatoms. The minimum Gasteiger partial charge on any atom is -0.480 e. The smallest absolute Gasteiger partial charge is 0.408 e. The lowest BCUT2D eigenvalue weighted by atomic mass is 9.81. The molecule has 1 fully saturated rings. The van der Waals surface area contributed by atoms with Crippen molar-refractivity contribution in [3.8, 4) is 0 Å². The second-order valence-electron chi connectivity index (χ2n) is 10.4. The zero-order valence-electron chi connectivity index (χ0n) is 21.5. The number of carboxylic acid groups (broad SMARTS) is 1. The molecule has 3 atom stereocenters. The molecule has 0 spiro atoms. The predicted octanol–water partition coefficient (Wildman–Crippen LogP) is 1.68. The SMILES string of the molecule is CCC(C)C(NC(=O)OC(C)(C)C)C(=O)NCC1CCC(C(=O)NC(CCC(N)=O)C(=O)O)CC1. The van der Waals surface area contributed by atoms with Crippen LogP contribution in [0.3, 0.4) is 0 Å². The second-order valence-corrected chi connectivity index (χ2v) is 10.4. The molecular weight excluding hydrogens is 456 g/mol. The number of nitrogens with two attached hydrogens (primary N) is 1. The van der Waals surface area contributed by atoms with E-state index in [1.807, 2.05) is 13.8 Å². The summed E-state index contributed by atoms with van der Waals surface area (Å²) in [6.45, 7) is 9.52. The van der Waals surface area contributed by atoms with E-state index in [2.05, 4.69) is 16.0 Å². The van der Waals surface area contributed by atoms with E-state index in [4.69, 9.17) is 10.5 Å². The van der Waals surface area contributed by atoms with E-state index >= 15 is 0 Å². The number of hydrogen-bond donors (Lipinski definition) is 5. The van der Waals surface area contributed by atoms with Crippen molar-refractivity contribution in [2.24, 2.45) is 23.5 Å². The Labute approximate surface area is 207 Å². The van der Waals surface area contributed by atoms with Gasteiger partial charge in [0, 0.05) is 18.9 Å². The Hall–Kier alpha value is -2.85. The molecule has 0 heterocycles. The van der Waals surface area contributed by atoms with Gasteiger partial charge in [-0.2, -0.15) is 0 Å². The second kappa shape index (κ2) is 13.9. The molecule has 1 rings (SSSR count). The number of ether oxygens (including phenoxy) is 1. The average Bonchev–Trinajstić information content (AvgIpc) is 2.76. The lowest BCUT2D eigenvalue weighted by molar-refractivity contribution is -0.143. The first-order valence-electron chi connectivity index (χ1n) is 12.3. The number of hydrogen-bond acceptors (Lipinski definition) is 6. The first kappa shape index (κ1) is 30.2. The molecule has 0 aliphatic heterocycles. The van der Waals surface area contributed by atoms with Gasteiger partial charge in [0.25, 0.3) is 0 Å². The summed E-state index contributed by atoms with van der Waals surface area (Å²) in [4.78, 5) is 59.8. The Morgan fingerprint density at radius 1 is 1.06 bits per heavy atom. The highest BCUT2D eigenvalue weighted by atomic mass is 16.6. The molecule has 3 unspecified atom stereocenters. The summed E-state index contributed by atoms with van der Waals surface area (Å²) in [6.07, 6.45) is 2.43. The van der Waals surface area contributed by atoms with E-state index < -0.39 is 35.7 Å². The molecule has 4 amide bonds. The number of rotatable bonds is 12. The third-order valence-electron chi connectivity index (χ3n) is 6.24. The Morgan fingerprint density at radius 3 is 2.14 bits per heavy atom. The van der Waals surface area contributed by atoms with Crippen LogP contribution in [0.25, 0.3) is 0 Å². The molecule has 1 saturated carbocycles. The Bertz CT molecular complexity index is 757.